The van der Waals surface area contributed by atoms with Gasteiger partial charge in [-0.3, -0.25) is 0 Å². The molecule has 31 heavy (non-hydrogen) atoms. The van der Waals surface area contributed by atoms with Crippen LogP contribution in [0.3, 0.4) is 0 Å². The molecule has 0 aromatic heterocycles. The van der Waals surface area contributed by atoms with E-state index in [0.717, 1.165) is 18.4 Å². The van der Waals surface area contributed by atoms with Gasteiger partial charge in [0.05, 0.1) is 18.0 Å². The van der Waals surface area contributed by atoms with Crippen molar-refractivity contribution in [2.24, 2.45) is 10.7 Å². The number of likely N-dealkylation sites (tertiary alicyclic amines) is 1. The van der Waals surface area contributed by atoms with Gasteiger partial charge in [0.1, 0.15) is 0 Å². The molecule has 176 valence electrons. The van der Waals surface area contributed by atoms with Crippen molar-refractivity contribution < 1.29 is 17.9 Å². The van der Waals surface area contributed by atoms with Gasteiger partial charge in [-0.2, -0.15) is 4.31 Å². The van der Waals surface area contributed by atoms with Gasteiger partial charge in [-0.15, -0.1) is 24.0 Å². The van der Waals surface area contributed by atoms with E-state index in [1.807, 2.05) is 13.8 Å². The second-order valence-corrected chi connectivity index (χ2v) is 9.56. The first-order valence-electron chi connectivity index (χ1n) is 10.2. The van der Waals surface area contributed by atoms with Crippen molar-refractivity contribution in [3.8, 4) is 0 Å². The molecule has 1 aliphatic heterocycles. The maximum absolute atomic E-state index is 12.5. The minimum atomic E-state index is -3.50. The summed E-state index contributed by atoms with van der Waals surface area (Å²) in [5, 5.41) is 3.19. The Bertz CT molecular complexity index is 838. The van der Waals surface area contributed by atoms with Gasteiger partial charge in [-0.1, -0.05) is 12.1 Å². The minimum Gasteiger partial charge on any atom is -0.450 e. The average Bonchev–Trinajstić information content (AvgIpc) is 2.72. The van der Waals surface area contributed by atoms with Crippen molar-refractivity contribution >= 4 is 46.1 Å². The number of nitrogens with two attached hydrogens (primary N) is 1. The highest BCUT2D eigenvalue weighted by molar-refractivity contribution is 14.0. The number of nitrogens with one attached hydrogen (secondary N) is 1. The quantitative estimate of drug-likeness (QED) is 0.297. The Labute approximate surface area is 202 Å². The fourth-order valence-corrected chi connectivity index (χ4v) is 4.43. The number of amides is 1. The van der Waals surface area contributed by atoms with E-state index in [9.17, 15) is 13.2 Å². The molecule has 3 N–H and O–H groups in total. The normalized spacial score (nSPS) is 15.7. The molecule has 1 fully saturated rings. The zero-order valence-electron chi connectivity index (χ0n) is 18.6. The van der Waals surface area contributed by atoms with Crippen LogP contribution >= 0.6 is 24.0 Å². The van der Waals surface area contributed by atoms with Gasteiger partial charge in [0.25, 0.3) is 0 Å². The smallest absolute Gasteiger partial charge is 0.409 e. The largest absolute Gasteiger partial charge is 0.450 e. The van der Waals surface area contributed by atoms with Crippen LogP contribution in [0.1, 0.15) is 39.2 Å². The summed E-state index contributed by atoms with van der Waals surface area (Å²) in [6.07, 6.45) is 1.26. The Morgan fingerprint density at radius 1 is 1.29 bits per heavy atom. The summed E-state index contributed by atoms with van der Waals surface area (Å²) in [4.78, 5) is 18.0. The number of carbonyl (C=O) groups excluding carboxylic acids is 1. The van der Waals surface area contributed by atoms with E-state index in [1.54, 1.807) is 43.1 Å². The fraction of sp³-hybridized carbons (Fsp3) is 0.600. The molecule has 0 atom stereocenters. The molecule has 1 aromatic rings. The number of hydrogen-bond acceptors (Lipinski definition) is 5. The van der Waals surface area contributed by atoms with Crippen LogP contribution in [0.4, 0.5) is 4.79 Å². The van der Waals surface area contributed by atoms with E-state index >= 15 is 0 Å². The molecule has 1 aliphatic rings. The lowest BCUT2D eigenvalue weighted by molar-refractivity contribution is 0.0963. The van der Waals surface area contributed by atoms with Crippen LogP contribution in [0.25, 0.3) is 0 Å². The SMILES string of the molecule is CCOC(=O)N1CCC(NC(N)=NCc2ccc(S(=O)(=O)N(C)C(C)C)cc2)CC1.I. The van der Waals surface area contributed by atoms with Crippen molar-refractivity contribution in [2.45, 2.75) is 57.1 Å². The van der Waals surface area contributed by atoms with E-state index in [0.29, 0.717) is 32.2 Å². The molecule has 0 radical (unpaired) electrons. The zero-order valence-corrected chi connectivity index (χ0v) is 21.7. The Morgan fingerprint density at radius 3 is 2.39 bits per heavy atom. The van der Waals surface area contributed by atoms with Crippen LogP contribution < -0.4 is 11.1 Å². The Morgan fingerprint density at radius 2 is 1.87 bits per heavy atom. The highest BCUT2D eigenvalue weighted by Gasteiger charge is 2.24. The van der Waals surface area contributed by atoms with Crippen LogP contribution in [0.2, 0.25) is 0 Å². The van der Waals surface area contributed by atoms with Crippen molar-refractivity contribution in [1.29, 1.82) is 0 Å². The molecular weight excluding hydrogens is 533 g/mol. The van der Waals surface area contributed by atoms with E-state index in [1.165, 1.54) is 4.31 Å². The summed E-state index contributed by atoms with van der Waals surface area (Å²) in [6, 6.07) is 6.71. The number of hydrogen-bond donors (Lipinski definition) is 2. The van der Waals surface area contributed by atoms with Gasteiger partial charge in [-0.05, 0) is 51.3 Å². The van der Waals surface area contributed by atoms with E-state index in [4.69, 9.17) is 10.5 Å². The Hall–Kier alpha value is -1.60. The third kappa shape index (κ3) is 7.79. The number of halogens is 1. The van der Waals surface area contributed by atoms with E-state index in [2.05, 4.69) is 10.3 Å². The lowest BCUT2D eigenvalue weighted by Gasteiger charge is -2.31. The molecule has 1 saturated heterocycles. The van der Waals surface area contributed by atoms with Crippen molar-refractivity contribution in [3.63, 3.8) is 0 Å². The summed E-state index contributed by atoms with van der Waals surface area (Å²) >= 11 is 0. The number of sulfonamides is 1. The summed E-state index contributed by atoms with van der Waals surface area (Å²) < 4.78 is 31.4. The van der Waals surface area contributed by atoms with Gasteiger partial charge in [0.15, 0.2) is 5.96 Å². The average molecular weight is 567 g/mol. The van der Waals surface area contributed by atoms with Crippen molar-refractivity contribution in [1.82, 2.24) is 14.5 Å². The zero-order chi connectivity index (χ0) is 22.3. The molecule has 1 heterocycles. The first-order valence-corrected chi connectivity index (χ1v) is 11.6. The van der Waals surface area contributed by atoms with Crippen LogP contribution in [-0.4, -0.2) is 68.5 Å². The molecule has 0 saturated carbocycles. The van der Waals surface area contributed by atoms with E-state index < -0.39 is 10.0 Å². The van der Waals surface area contributed by atoms with Crippen LogP contribution in [-0.2, 0) is 21.3 Å². The molecule has 9 nitrogen and oxygen atoms in total. The molecule has 1 aromatic carbocycles. The summed E-state index contributed by atoms with van der Waals surface area (Å²) in [5.74, 6) is 0.334. The number of carbonyl (C=O) groups is 1. The number of rotatable bonds is 7. The first-order chi connectivity index (χ1) is 14.1. The lowest BCUT2D eigenvalue weighted by Crippen LogP contribution is -2.48. The summed E-state index contributed by atoms with van der Waals surface area (Å²) in [7, 11) is -1.93. The van der Waals surface area contributed by atoms with Gasteiger partial charge in [-0.25, -0.2) is 18.2 Å². The molecule has 1 amide bonds. The summed E-state index contributed by atoms with van der Waals surface area (Å²) in [5.41, 5.74) is 6.86. The monoisotopic (exact) mass is 567 g/mol. The molecule has 0 spiro atoms. The van der Waals surface area contributed by atoms with Crippen molar-refractivity contribution in [2.75, 3.05) is 26.7 Å². The van der Waals surface area contributed by atoms with Crippen LogP contribution in [0.5, 0.6) is 0 Å². The van der Waals surface area contributed by atoms with Crippen molar-refractivity contribution in [3.05, 3.63) is 29.8 Å². The standard InChI is InChI=1S/C20H33N5O4S.HI/c1-5-29-20(26)25-12-10-17(11-13-25)23-19(21)22-14-16-6-8-18(9-7-16)30(27,28)24(4)15(2)3;/h6-9,15,17H,5,10-14H2,1-4H3,(H3,21,22,23);1H. The van der Waals surface area contributed by atoms with Gasteiger partial charge in [0.2, 0.25) is 10.0 Å². The highest BCUT2D eigenvalue weighted by atomic mass is 127. The number of guanidine groups is 1. The number of aliphatic imine (C=N–C) groups is 1. The van der Waals surface area contributed by atoms with Gasteiger partial charge < -0.3 is 20.7 Å². The number of nitrogens with zero attached hydrogens (tertiary/aromatic N) is 3. The second kappa shape index (κ2) is 12.4. The first kappa shape index (κ1) is 27.4. The molecule has 2 rings (SSSR count). The molecule has 0 unspecified atom stereocenters. The minimum absolute atomic E-state index is 0. The van der Waals surface area contributed by atoms with Gasteiger partial charge >= 0.3 is 6.09 Å². The predicted molar refractivity (Wildman–Crippen MR) is 132 cm³/mol. The fourth-order valence-electron chi connectivity index (χ4n) is 3.06. The third-order valence-corrected chi connectivity index (χ3v) is 7.18. The Kier molecular flexibility index (Phi) is 11.0. The predicted octanol–water partition coefficient (Wildman–Crippen LogP) is 2.36. The second-order valence-electron chi connectivity index (χ2n) is 7.56. The maximum atomic E-state index is 12.5. The molecule has 0 bridgehead atoms. The van der Waals surface area contributed by atoms with Crippen LogP contribution in [0.15, 0.2) is 34.2 Å². The molecule has 11 heteroatoms. The molecular formula is C20H34IN5O4S. The Balaban J connectivity index is 0.00000480. The van der Waals surface area contributed by atoms with Crippen LogP contribution in [0, 0.1) is 0 Å². The summed E-state index contributed by atoms with van der Waals surface area (Å²) in [6.45, 7) is 7.40. The van der Waals surface area contributed by atoms with Gasteiger partial charge in [0, 0.05) is 32.2 Å². The number of ether oxygens (including phenoxy) is 1. The third-order valence-electron chi connectivity index (χ3n) is 5.13. The maximum Gasteiger partial charge on any atom is 0.409 e. The lowest BCUT2D eigenvalue weighted by atomic mass is 10.1. The number of benzene rings is 1. The topological polar surface area (TPSA) is 117 Å². The molecule has 0 aliphatic carbocycles. The van der Waals surface area contributed by atoms with E-state index in [-0.39, 0.29) is 47.0 Å². The number of piperidine rings is 1. The highest BCUT2D eigenvalue weighted by Crippen LogP contribution is 2.17.